The number of nitrogens with two attached hydrogens (primary N) is 1. The number of aliphatic hydroxyl groups excluding tert-OH is 7. The van der Waals surface area contributed by atoms with Crippen LogP contribution < -0.4 is 71.3 Å². The van der Waals surface area contributed by atoms with E-state index in [1.54, 1.807) is 12.1 Å². The Kier molecular flexibility index (Phi) is 26.1. The summed E-state index contributed by atoms with van der Waals surface area (Å²) in [7, 11) is 0. The van der Waals surface area contributed by atoms with Gasteiger partial charge in [0.2, 0.25) is 41.4 Å². The summed E-state index contributed by atoms with van der Waals surface area (Å²) in [5, 5.41) is 115. The van der Waals surface area contributed by atoms with Crippen LogP contribution in [0.2, 0.25) is 0 Å². The van der Waals surface area contributed by atoms with E-state index in [1.807, 2.05) is 24.3 Å². The molecule has 8 amide bonds. The van der Waals surface area contributed by atoms with Gasteiger partial charge in [0.05, 0.1) is 36.9 Å². The smallest absolute Gasteiger partial charge is 0.691 e. The number of aromatic hydroxyl groups is 1. The molecule has 3 aromatic carbocycles. The van der Waals surface area contributed by atoms with Crippen molar-refractivity contribution in [2.75, 3.05) is 19.6 Å². The molecule has 84 heavy (non-hydrogen) atoms. The van der Waals surface area contributed by atoms with Crippen molar-refractivity contribution in [1.29, 1.82) is 0 Å². The molecule has 3 saturated heterocycles. The molecule has 0 bridgehead atoms. The van der Waals surface area contributed by atoms with Gasteiger partial charge in [-0.3, -0.25) is 43.4 Å². The van der Waals surface area contributed by atoms with E-state index in [2.05, 4.69) is 42.9 Å². The monoisotopic (exact) mass is 1210 g/mol. The second kappa shape index (κ2) is 31.9. The third-order valence-electron chi connectivity index (χ3n) is 14.7. The molecule has 13 unspecified atom stereocenters. The number of fused-ring (bicyclic) bond motifs is 2. The molecule has 0 radical (unpaired) electrons. The van der Waals surface area contributed by atoms with Crippen LogP contribution in [0.15, 0.2) is 66.7 Å². The summed E-state index contributed by atoms with van der Waals surface area (Å²) in [5.74, 6) is -11.8. The van der Waals surface area contributed by atoms with Gasteiger partial charge in [-0.1, -0.05) is 75.6 Å². The number of hydrogen-bond donors (Lipinski definition) is 14. The molecule has 15 N–H and O–H groups in total. The number of aryl methyl sites for hydroxylation is 1. The van der Waals surface area contributed by atoms with E-state index in [4.69, 9.17) is 9.92 Å². The minimum absolute atomic E-state index is 0. The first kappa shape index (κ1) is 68.7. The van der Waals surface area contributed by atoms with Crippen molar-refractivity contribution >= 4 is 59.6 Å². The van der Waals surface area contributed by atoms with Crippen molar-refractivity contribution < 1.29 is 128 Å². The minimum atomic E-state index is -2.53. The van der Waals surface area contributed by atoms with Crippen LogP contribution in [0.3, 0.4) is 0 Å². The van der Waals surface area contributed by atoms with Crippen molar-refractivity contribution in [3.8, 4) is 22.6 Å². The van der Waals surface area contributed by atoms with Gasteiger partial charge in [0.15, 0.2) is 11.5 Å². The van der Waals surface area contributed by atoms with Crippen molar-refractivity contribution in [1.82, 2.24) is 36.4 Å². The maximum atomic E-state index is 14.6. The van der Waals surface area contributed by atoms with Gasteiger partial charge < -0.3 is 92.4 Å². The summed E-state index contributed by atoms with van der Waals surface area (Å²) < 4.78 is 9.04. The average Bonchev–Trinajstić information content (AvgIpc) is 4.24. The number of amides is 8. The molecular formula is C54H71N8NaO20S. The number of benzene rings is 3. The zero-order valence-electron chi connectivity index (χ0n) is 46.6. The van der Waals surface area contributed by atoms with E-state index in [9.17, 15) is 84.5 Å². The van der Waals surface area contributed by atoms with E-state index < -0.39 is 183 Å². The zero-order valence-corrected chi connectivity index (χ0v) is 49.4. The van der Waals surface area contributed by atoms with Crippen molar-refractivity contribution in [3.63, 3.8) is 0 Å². The molecule has 14 atom stereocenters. The largest absolute Gasteiger partial charge is 1.00 e. The van der Waals surface area contributed by atoms with E-state index in [1.165, 1.54) is 24.6 Å². The van der Waals surface area contributed by atoms with Gasteiger partial charge >= 0.3 is 29.6 Å². The van der Waals surface area contributed by atoms with Crippen molar-refractivity contribution in [2.24, 2.45) is 11.7 Å². The fourth-order valence-electron chi connectivity index (χ4n) is 10.1. The number of carbonyl (C=O) groups excluding carboxylic acids is 8. The number of β-amino-alcohol motifs (C(OH)–C–C–N with tert-alkyl or cyclic N) is 1. The standard InChI is InChI=1S/C54H72N8O20S.Na/c1-4-5-6-7-8-28-9-11-29(12-10-28)30-13-15-31(16-14-30)48(72)57-35-20-33(64)23-56-52(76)44-45(69)26(2)24-62(44)54(78)42(38(67)22-40(55)68)59-51(75)43(47(71)46(70)32-17-18-37(66)39(19-32)80-83-82-81-79)60-50(74)36-21-34(65)25-61(36)53(77)41(27(3)63)58-49(35)73;/h9-19,26-27,33-36,38,41-47,63-67,69-71,79H,4-8,20-25H2,1-3H3,(H2,55,68)(H,56,76)(H,57,72)(H,58,73)(H,59,75)(H,60,74);/q;+1/p-1/t26?,27?,33?,34?,35-,36?,38?,41?,42?,43?,44?,45?,46?,47?;/m0./s1. The van der Waals surface area contributed by atoms with Gasteiger partial charge in [0.1, 0.15) is 48.5 Å². The number of nitrogens with one attached hydrogen (secondary N) is 5. The number of phenolic OH excluding ortho intramolecular Hbond substituents is 1. The molecule has 3 aliphatic rings. The Morgan fingerprint density at radius 1 is 0.786 bits per heavy atom. The Labute approximate surface area is 509 Å². The number of hydrogen-bond acceptors (Lipinski definition) is 21. The fraction of sp³-hybridized carbons (Fsp3) is 0.519. The molecule has 454 valence electrons. The Hall–Kier alpha value is -6.03. The van der Waals surface area contributed by atoms with Crippen LogP contribution in [-0.4, -0.2) is 190 Å². The molecule has 0 saturated carbocycles. The van der Waals surface area contributed by atoms with Crippen LogP contribution in [0.4, 0.5) is 0 Å². The average molecular weight is 1210 g/mol. The van der Waals surface area contributed by atoms with E-state index in [0.29, 0.717) is 0 Å². The molecule has 3 heterocycles. The number of phenols is 1. The summed E-state index contributed by atoms with van der Waals surface area (Å²) in [5.41, 5.74) is 7.88. The van der Waals surface area contributed by atoms with Crippen LogP contribution in [-0.2, 0) is 49.4 Å². The van der Waals surface area contributed by atoms with Crippen molar-refractivity contribution in [2.45, 2.75) is 151 Å². The van der Waals surface area contributed by atoms with E-state index in [-0.39, 0.29) is 53.0 Å². The third-order valence-corrected chi connectivity index (χ3v) is 15.1. The molecular weight excluding hydrogens is 1140 g/mol. The first-order valence-corrected chi connectivity index (χ1v) is 27.6. The van der Waals surface area contributed by atoms with Crippen LogP contribution in [0.25, 0.3) is 11.1 Å². The molecule has 3 fully saturated rings. The zero-order chi connectivity index (χ0) is 60.8. The van der Waals surface area contributed by atoms with Gasteiger partial charge in [-0.2, -0.15) is 0 Å². The second-order valence-corrected chi connectivity index (χ2v) is 21.4. The fourth-order valence-corrected chi connectivity index (χ4v) is 10.4. The summed E-state index contributed by atoms with van der Waals surface area (Å²) in [6.07, 6.45) is -10.6. The molecule has 0 spiro atoms. The quantitative estimate of drug-likeness (QED) is 0.0175. The van der Waals surface area contributed by atoms with Crippen LogP contribution >= 0.6 is 12.3 Å². The molecule has 0 aromatic heterocycles. The summed E-state index contributed by atoms with van der Waals surface area (Å²) in [6.45, 7) is 2.89. The van der Waals surface area contributed by atoms with E-state index in [0.717, 1.165) is 78.2 Å². The minimum Gasteiger partial charge on any atom is -0.691 e. The maximum absolute atomic E-state index is 14.6. The first-order valence-electron chi connectivity index (χ1n) is 26.9. The van der Waals surface area contributed by atoms with Gasteiger partial charge in [-0.25, -0.2) is 0 Å². The molecule has 0 aliphatic carbocycles. The Bertz CT molecular complexity index is 2770. The predicted octanol–water partition coefficient (Wildman–Crippen LogP) is -6.33. The Morgan fingerprint density at radius 2 is 1.42 bits per heavy atom. The number of carbonyl (C=O) groups is 8. The van der Waals surface area contributed by atoms with Gasteiger partial charge in [-0.15, -0.1) is 4.33 Å². The molecule has 6 rings (SSSR count). The van der Waals surface area contributed by atoms with Crippen molar-refractivity contribution in [3.05, 3.63) is 83.4 Å². The first-order chi connectivity index (χ1) is 39.4. The van der Waals surface area contributed by atoms with Crippen LogP contribution in [0.5, 0.6) is 11.5 Å². The molecule has 28 nitrogen and oxygen atoms in total. The molecule has 3 aromatic rings. The SMILES string of the molecule is CCCCCCc1ccc(-c2ccc(C(=O)N[C@H]3CC(O)CNC(=O)C4C(O)C(C)CN4C(=O)C(C(O)CC(N)=O)NC(=O)C(C(O)C(O)c4ccc(O)c(OSOO[O-])c4)NC(=O)C4CC(O)CN4C(=O)C(C(C)O)NC3=O)cc2)cc1.[Na+]. The number of rotatable bonds is 19. The van der Waals surface area contributed by atoms with Gasteiger partial charge in [-0.05, 0) is 66.3 Å². The maximum Gasteiger partial charge on any atom is 1.00 e. The number of unbranched alkanes of at least 4 members (excludes halogenated alkanes) is 3. The Balaban J connectivity index is 0.0000129. The second-order valence-electron chi connectivity index (χ2n) is 20.9. The van der Waals surface area contributed by atoms with Crippen LogP contribution in [0.1, 0.15) is 93.3 Å². The van der Waals surface area contributed by atoms with E-state index >= 15 is 0 Å². The molecule has 3 aliphatic heterocycles. The van der Waals surface area contributed by atoms with Crippen LogP contribution in [0, 0.1) is 5.92 Å². The molecule has 30 heteroatoms. The number of nitrogens with zero attached hydrogens (tertiary/aromatic N) is 2. The Morgan fingerprint density at radius 3 is 2.05 bits per heavy atom. The summed E-state index contributed by atoms with van der Waals surface area (Å²) in [4.78, 5) is 114. The predicted molar refractivity (Wildman–Crippen MR) is 288 cm³/mol. The topological polar surface area (TPSA) is 442 Å². The van der Waals surface area contributed by atoms with Gasteiger partial charge in [0, 0.05) is 44.0 Å². The summed E-state index contributed by atoms with van der Waals surface area (Å²) in [6, 6.07) is 5.06. The van der Waals surface area contributed by atoms with Gasteiger partial charge in [0.25, 0.3) is 18.2 Å². The third kappa shape index (κ3) is 17.8. The number of primary amides is 1. The number of aliphatic hydroxyl groups is 7. The summed E-state index contributed by atoms with van der Waals surface area (Å²) >= 11 is -0.0810. The normalized spacial score (nSPS) is 26.1.